The molecule has 0 saturated carbocycles. The fourth-order valence-electron chi connectivity index (χ4n) is 0.729. The van der Waals surface area contributed by atoms with Crippen LogP contribution >= 0.6 is 0 Å². The third kappa shape index (κ3) is 2.84. The van der Waals surface area contributed by atoms with Gasteiger partial charge in [0.1, 0.15) is 11.8 Å². The van der Waals surface area contributed by atoms with Crippen molar-refractivity contribution in [3.05, 3.63) is 13.8 Å². The zero-order valence-corrected chi connectivity index (χ0v) is 6.04. The molecule has 0 saturated heterocycles. The van der Waals surface area contributed by atoms with Crippen LogP contribution in [-0.4, -0.2) is 0 Å². The van der Waals surface area contributed by atoms with E-state index >= 15 is 0 Å². The Bertz CT molecular complexity index is 53.1. The van der Waals surface area contributed by atoms with E-state index in [-0.39, 0.29) is 5.41 Å². The molecule has 0 aromatic heterocycles. The highest BCUT2D eigenvalue weighted by atomic mass is 14.2. The van der Waals surface area contributed by atoms with Gasteiger partial charge in [0.2, 0.25) is 0 Å². The molecule has 0 N–H and O–H groups in total. The standard InChI is InChI=1S/C8H16/c1-5-7-8(3,4)6-2/h2-3,5-7H2,1,4H3/q+2. The quantitative estimate of drug-likeness (QED) is 0.492. The Balaban J connectivity index is 3.37. The molecule has 0 heterocycles. The van der Waals surface area contributed by atoms with Crippen molar-refractivity contribution in [2.24, 2.45) is 5.41 Å². The topological polar surface area (TPSA) is 0 Å². The fraction of sp³-hybridized carbons (Fsp3) is 0.750. The predicted molar refractivity (Wildman–Crippen MR) is 38.3 cm³/mol. The minimum Gasteiger partial charge on any atom is -0.0652 e. The molecule has 0 heteroatoms. The number of hydrogen-bond acceptors (Lipinski definition) is 0. The summed E-state index contributed by atoms with van der Waals surface area (Å²) in [7, 11) is 0. The lowest BCUT2D eigenvalue weighted by Gasteiger charge is -2.08. The van der Waals surface area contributed by atoms with Crippen molar-refractivity contribution >= 4 is 0 Å². The van der Waals surface area contributed by atoms with E-state index in [4.69, 9.17) is 0 Å². The second-order valence-corrected chi connectivity index (χ2v) is 2.81. The summed E-state index contributed by atoms with van der Waals surface area (Å²) in [5, 5.41) is 0. The van der Waals surface area contributed by atoms with Gasteiger partial charge in [0.05, 0.1) is 13.8 Å². The zero-order chi connectivity index (χ0) is 6.62. The van der Waals surface area contributed by atoms with Crippen LogP contribution in [0.2, 0.25) is 0 Å². The molecule has 46 valence electrons. The highest BCUT2D eigenvalue weighted by Gasteiger charge is 2.24. The maximum absolute atomic E-state index is 4.02. The Kier molecular flexibility index (Phi) is 2.81. The summed E-state index contributed by atoms with van der Waals surface area (Å²) < 4.78 is 0. The summed E-state index contributed by atoms with van der Waals surface area (Å²) in [6.45, 7) is 12.2. The zero-order valence-electron chi connectivity index (χ0n) is 6.04. The molecule has 0 aliphatic carbocycles. The van der Waals surface area contributed by atoms with Crippen molar-refractivity contribution in [3.8, 4) is 0 Å². The van der Waals surface area contributed by atoms with E-state index in [0.29, 0.717) is 0 Å². The predicted octanol–water partition coefficient (Wildman–Crippen LogP) is 2.85. The van der Waals surface area contributed by atoms with E-state index in [1.54, 1.807) is 0 Å². The average Bonchev–Trinajstić information content (AvgIpc) is 1.67. The van der Waals surface area contributed by atoms with Crippen LogP contribution < -0.4 is 0 Å². The van der Waals surface area contributed by atoms with E-state index in [1.807, 2.05) is 0 Å². The highest BCUT2D eigenvalue weighted by Crippen LogP contribution is 2.24. The lowest BCUT2D eigenvalue weighted by Crippen LogP contribution is -2.08. The van der Waals surface area contributed by atoms with Crippen LogP contribution in [0.1, 0.15) is 33.1 Å². The fourth-order valence-corrected chi connectivity index (χ4v) is 0.729. The summed E-state index contributed by atoms with van der Waals surface area (Å²) in [5.41, 5.74) is 0.231. The molecule has 0 amide bonds. The first-order valence-corrected chi connectivity index (χ1v) is 3.27. The van der Waals surface area contributed by atoms with Gasteiger partial charge in [-0.3, -0.25) is 0 Å². The second kappa shape index (κ2) is 2.91. The Morgan fingerprint density at radius 1 is 1.50 bits per heavy atom. The van der Waals surface area contributed by atoms with E-state index in [9.17, 15) is 0 Å². The highest BCUT2D eigenvalue weighted by molar-refractivity contribution is 4.76. The van der Waals surface area contributed by atoms with Crippen LogP contribution in [0, 0.1) is 19.3 Å². The van der Waals surface area contributed by atoms with E-state index in [2.05, 4.69) is 27.7 Å². The molecule has 0 aliphatic heterocycles. The molecular formula is C8H16+2. The summed E-state index contributed by atoms with van der Waals surface area (Å²) in [6, 6.07) is 0. The van der Waals surface area contributed by atoms with Crippen LogP contribution in [0.25, 0.3) is 0 Å². The van der Waals surface area contributed by atoms with Gasteiger partial charge in [-0.25, -0.2) is 0 Å². The first-order valence-electron chi connectivity index (χ1n) is 3.27. The third-order valence-corrected chi connectivity index (χ3v) is 1.46. The molecule has 0 radical (unpaired) electrons. The molecule has 1 atom stereocenters. The third-order valence-electron chi connectivity index (χ3n) is 1.46. The summed E-state index contributed by atoms with van der Waals surface area (Å²) in [6.07, 6.45) is 3.35. The van der Waals surface area contributed by atoms with Gasteiger partial charge in [-0.2, -0.15) is 0 Å². The van der Waals surface area contributed by atoms with Crippen molar-refractivity contribution < 1.29 is 0 Å². The van der Waals surface area contributed by atoms with Gasteiger partial charge in [0.15, 0.2) is 0 Å². The van der Waals surface area contributed by atoms with Crippen LogP contribution in [0.5, 0.6) is 0 Å². The molecule has 1 unspecified atom stereocenters. The molecule has 0 rings (SSSR count). The van der Waals surface area contributed by atoms with Gasteiger partial charge in [-0.1, -0.05) is 13.3 Å². The maximum atomic E-state index is 4.02. The number of rotatable bonds is 3. The van der Waals surface area contributed by atoms with Crippen LogP contribution in [0.15, 0.2) is 0 Å². The van der Waals surface area contributed by atoms with Gasteiger partial charge in [0.25, 0.3) is 0 Å². The van der Waals surface area contributed by atoms with Crippen molar-refractivity contribution in [3.63, 3.8) is 0 Å². The van der Waals surface area contributed by atoms with Gasteiger partial charge < -0.3 is 0 Å². The van der Waals surface area contributed by atoms with Gasteiger partial charge in [0, 0.05) is 0 Å². The normalized spacial score (nSPS) is 17.8. The van der Waals surface area contributed by atoms with Gasteiger partial charge >= 0.3 is 0 Å². The first kappa shape index (κ1) is 7.74. The van der Waals surface area contributed by atoms with E-state index in [0.717, 1.165) is 6.42 Å². The molecule has 0 bridgehead atoms. The lowest BCUT2D eigenvalue weighted by atomic mass is 9.86. The lowest BCUT2D eigenvalue weighted by molar-refractivity contribution is 0.386. The van der Waals surface area contributed by atoms with Crippen molar-refractivity contribution in [1.29, 1.82) is 0 Å². The monoisotopic (exact) mass is 112 g/mol. The van der Waals surface area contributed by atoms with E-state index in [1.165, 1.54) is 12.8 Å². The van der Waals surface area contributed by atoms with Crippen LogP contribution in [-0.2, 0) is 0 Å². The second-order valence-electron chi connectivity index (χ2n) is 2.81. The molecular weight excluding hydrogens is 96.1 g/mol. The first-order chi connectivity index (χ1) is 3.62. The van der Waals surface area contributed by atoms with E-state index < -0.39 is 0 Å². The van der Waals surface area contributed by atoms with Crippen molar-refractivity contribution in [2.75, 3.05) is 0 Å². The van der Waals surface area contributed by atoms with Crippen LogP contribution in [0.4, 0.5) is 0 Å². The Morgan fingerprint density at radius 2 is 2.00 bits per heavy atom. The van der Waals surface area contributed by atoms with Crippen molar-refractivity contribution in [1.82, 2.24) is 0 Å². The maximum Gasteiger partial charge on any atom is 0.142 e. The Labute approximate surface area is 53.3 Å². The average molecular weight is 112 g/mol. The Hall–Kier alpha value is -0.260. The molecule has 0 aromatic rings. The largest absolute Gasteiger partial charge is 0.142 e. The molecule has 0 spiro atoms. The summed E-state index contributed by atoms with van der Waals surface area (Å²) >= 11 is 0. The van der Waals surface area contributed by atoms with Crippen molar-refractivity contribution in [2.45, 2.75) is 33.1 Å². The minimum absolute atomic E-state index is 0.231. The summed E-state index contributed by atoms with van der Waals surface area (Å²) in [4.78, 5) is 0. The molecule has 0 aromatic carbocycles. The smallest absolute Gasteiger partial charge is 0.0652 e. The Morgan fingerprint density at radius 3 is 2.12 bits per heavy atom. The summed E-state index contributed by atoms with van der Waals surface area (Å²) in [5.74, 6) is 0. The molecule has 0 aliphatic rings. The molecule has 8 heavy (non-hydrogen) atoms. The molecule has 0 nitrogen and oxygen atoms in total. The SMILES string of the molecule is [CH2+]CC([CH2+])(C)CCC. The van der Waals surface area contributed by atoms with Crippen LogP contribution in [0.3, 0.4) is 0 Å². The molecule has 0 fully saturated rings. The number of hydrogen-bond donors (Lipinski definition) is 0. The van der Waals surface area contributed by atoms with Gasteiger partial charge in [-0.05, 0) is 13.3 Å². The van der Waals surface area contributed by atoms with Gasteiger partial charge in [-0.15, -0.1) is 0 Å². The minimum atomic E-state index is 0.231.